The molecule has 7 heteroatoms. The second kappa shape index (κ2) is 10.4. The Kier molecular flexibility index (Phi) is 7.98. The average molecular weight is 402 g/mol. The fourth-order valence-electron chi connectivity index (χ4n) is 2.19. The van der Waals surface area contributed by atoms with E-state index in [1.165, 1.54) is 6.08 Å². The van der Waals surface area contributed by atoms with Gasteiger partial charge in [-0.3, -0.25) is 14.9 Å². The van der Waals surface area contributed by atoms with Crippen LogP contribution in [0.15, 0.2) is 54.6 Å². The Bertz CT molecular complexity index is 854. The first-order valence-electron chi connectivity index (χ1n) is 8.42. The molecule has 0 radical (unpaired) electrons. The first kappa shape index (κ1) is 20.6. The number of amides is 2. The minimum Gasteiger partial charge on any atom is -0.331 e. The van der Waals surface area contributed by atoms with Gasteiger partial charge >= 0.3 is 0 Å². The molecular formula is C20H20ClN3O2S. The SMILES string of the molecule is CCCC(=O)Nc1ccc(Cl)c(NC(=S)NC(=O)C=Cc2ccccc2)c1. The van der Waals surface area contributed by atoms with Crippen LogP contribution in [-0.2, 0) is 9.59 Å². The van der Waals surface area contributed by atoms with Gasteiger partial charge in [0.25, 0.3) is 0 Å². The second-order valence-electron chi connectivity index (χ2n) is 5.68. The summed E-state index contributed by atoms with van der Waals surface area (Å²) in [4.78, 5) is 23.7. The molecule has 0 atom stereocenters. The molecule has 0 bridgehead atoms. The first-order valence-corrected chi connectivity index (χ1v) is 9.21. The van der Waals surface area contributed by atoms with Crippen molar-refractivity contribution in [2.75, 3.05) is 10.6 Å². The number of hydrogen-bond acceptors (Lipinski definition) is 3. The average Bonchev–Trinajstić information content (AvgIpc) is 2.64. The Balaban J connectivity index is 1.95. The van der Waals surface area contributed by atoms with Gasteiger partial charge < -0.3 is 10.6 Å². The molecule has 2 aromatic rings. The zero-order valence-corrected chi connectivity index (χ0v) is 16.4. The maximum absolute atomic E-state index is 12.0. The highest BCUT2D eigenvalue weighted by atomic mass is 35.5. The van der Waals surface area contributed by atoms with Crippen LogP contribution < -0.4 is 16.0 Å². The van der Waals surface area contributed by atoms with Gasteiger partial charge in [-0.1, -0.05) is 48.9 Å². The lowest BCUT2D eigenvalue weighted by Gasteiger charge is -2.12. The van der Waals surface area contributed by atoms with Gasteiger partial charge in [0.2, 0.25) is 11.8 Å². The predicted octanol–water partition coefficient (Wildman–Crippen LogP) is 4.61. The van der Waals surface area contributed by atoms with Gasteiger partial charge in [-0.2, -0.15) is 0 Å². The quantitative estimate of drug-likeness (QED) is 0.488. The van der Waals surface area contributed by atoms with Gasteiger partial charge in [-0.05, 0) is 48.5 Å². The molecule has 140 valence electrons. The number of carbonyl (C=O) groups is 2. The van der Waals surface area contributed by atoms with Crippen molar-refractivity contribution in [1.82, 2.24) is 5.32 Å². The van der Waals surface area contributed by atoms with E-state index in [2.05, 4.69) is 16.0 Å². The topological polar surface area (TPSA) is 70.2 Å². The standard InChI is InChI=1S/C20H20ClN3O2S/c1-2-6-18(25)22-15-10-11-16(21)17(13-15)23-20(27)24-19(26)12-9-14-7-4-3-5-8-14/h3-5,7-13H,2,6H2,1H3,(H,22,25)(H2,23,24,26,27). The van der Waals surface area contributed by atoms with Crippen molar-refractivity contribution in [2.24, 2.45) is 0 Å². The van der Waals surface area contributed by atoms with Gasteiger partial charge in [-0.25, -0.2) is 0 Å². The minimum atomic E-state index is -0.361. The van der Waals surface area contributed by atoms with Crippen LogP contribution in [-0.4, -0.2) is 16.9 Å². The van der Waals surface area contributed by atoms with Gasteiger partial charge in [0, 0.05) is 18.2 Å². The number of rotatable bonds is 6. The first-order chi connectivity index (χ1) is 13.0. The number of anilines is 2. The lowest BCUT2D eigenvalue weighted by molar-refractivity contribution is -0.116. The van der Waals surface area contributed by atoms with Crippen molar-refractivity contribution in [2.45, 2.75) is 19.8 Å². The summed E-state index contributed by atoms with van der Waals surface area (Å²) in [7, 11) is 0. The molecule has 0 saturated heterocycles. The number of nitrogens with one attached hydrogen (secondary N) is 3. The summed E-state index contributed by atoms with van der Waals surface area (Å²) < 4.78 is 0. The molecule has 0 unspecified atom stereocenters. The summed E-state index contributed by atoms with van der Waals surface area (Å²) in [6.45, 7) is 1.93. The monoisotopic (exact) mass is 401 g/mol. The normalized spacial score (nSPS) is 10.4. The zero-order valence-electron chi connectivity index (χ0n) is 14.8. The minimum absolute atomic E-state index is 0.0762. The Morgan fingerprint density at radius 3 is 2.56 bits per heavy atom. The lowest BCUT2D eigenvalue weighted by Crippen LogP contribution is -2.32. The maximum atomic E-state index is 12.0. The van der Waals surface area contributed by atoms with E-state index in [9.17, 15) is 9.59 Å². The maximum Gasteiger partial charge on any atom is 0.250 e. The zero-order chi connectivity index (χ0) is 19.6. The van der Waals surface area contributed by atoms with Crippen molar-refractivity contribution >= 4 is 58.2 Å². The highest BCUT2D eigenvalue weighted by Crippen LogP contribution is 2.25. The van der Waals surface area contributed by atoms with E-state index in [4.69, 9.17) is 23.8 Å². The summed E-state index contributed by atoms with van der Waals surface area (Å²) in [5.41, 5.74) is 1.99. The van der Waals surface area contributed by atoms with Crippen LogP contribution in [0.1, 0.15) is 25.3 Å². The Morgan fingerprint density at radius 2 is 1.85 bits per heavy atom. The van der Waals surface area contributed by atoms with Crippen molar-refractivity contribution in [3.8, 4) is 0 Å². The molecule has 0 fully saturated rings. The number of hydrogen-bond donors (Lipinski definition) is 3. The van der Waals surface area contributed by atoms with E-state index in [1.807, 2.05) is 37.3 Å². The fraction of sp³-hybridized carbons (Fsp3) is 0.150. The van der Waals surface area contributed by atoms with Crippen LogP contribution in [0.5, 0.6) is 0 Å². The van der Waals surface area contributed by atoms with Crippen LogP contribution in [0.4, 0.5) is 11.4 Å². The Morgan fingerprint density at radius 1 is 1.11 bits per heavy atom. The molecule has 27 heavy (non-hydrogen) atoms. The van der Waals surface area contributed by atoms with E-state index in [1.54, 1.807) is 24.3 Å². The van der Waals surface area contributed by atoms with Crippen LogP contribution in [0.2, 0.25) is 5.02 Å². The van der Waals surface area contributed by atoms with Gasteiger partial charge in [0.05, 0.1) is 10.7 Å². The molecule has 0 saturated carbocycles. The third kappa shape index (κ3) is 7.21. The van der Waals surface area contributed by atoms with Crippen LogP contribution in [0.25, 0.3) is 6.08 Å². The van der Waals surface area contributed by atoms with Gasteiger partial charge in [0.15, 0.2) is 5.11 Å². The fourth-order valence-corrected chi connectivity index (χ4v) is 2.57. The number of halogens is 1. The van der Waals surface area contributed by atoms with E-state index >= 15 is 0 Å². The lowest BCUT2D eigenvalue weighted by atomic mass is 10.2. The predicted molar refractivity (Wildman–Crippen MR) is 115 cm³/mol. The summed E-state index contributed by atoms with van der Waals surface area (Å²) in [6, 6.07) is 14.5. The molecule has 0 heterocycles. The summed E-state index contributed by atoms with van der Waals surface area (Å²) in [5, 5.41) is 8.73. The molecule has 3 N–H and O–H groups in total. The Hall–Kier alpha value is -2.70. The highest BCUT2D eigenvalue weighted by molar-refractivity contribution is 7.80. The Labute approximate surface area is 168 Å². The molecule has 0 aliphatic rings. The van der Waals surface area contributed by atoms with E-state index < -0.39 is 0 Å². The molecule has 2 aromatic carbocycles. The van der Waals surface area contributed by atoms with Crippen molar-refractivity contribution in [1.29, 1.82) is 0 Å². The largest absolute Gasteiger partial charge is 0.331 e. The van der Waals surface area contributed by atoms with E-state index in [-0.39, 0.29) is 16.9 Å². The molecule has 2 amide bonds. The van der Waals surface area contributed by atoms with Crippen LogP contribution in [0, 0.1) is 0 Å². The summed E-state index contributed by atoms with van der Waals surface area (Å²) >= 11 is 11.3. The second-order valence-corrected chi connectivity index (χ2v) is 6.50. The third-order valence-corrected chi connectivity index (χ3v) is 3.97. The number of thiocarbonyl (C=S) groups is 1. The van der Waals surface area contributed by atoms with E-state index in [0.717, 1.165) is 12.0 Å². The van der Waals surface area contributed by atoms with Gasteiger partial charge in [0.1, 0.15) is 0 Å². The highest BCUT2D eigenvalue weighted by Gasteiger charge is 2.08. The molecule has 0 spiro atoms. The van der Waals surface area contributed by atoms with E-state index in [0.29, 0.717) is 22.8 Å². The van der Waals surface area contributed by atoms with Crippen molar-refractivity contribution in [3.05, 3.63) is 65.2 Å². The molecular weight excluding hydrogens is 382 g/mol. The number of carbonyl (C=O) groups excluding carboxylic acids is 2. The molecule has 2 rings (SSSR count). The molecule has 0 aliphatic carbocycles. The van der Waals surface area contributed by atoms with Gasteiger partial charge in [-0.15, -0.1) is 0 Å². The molecule has 0 aromatic heterocycles. The molecule has 5 nitrogen and oxygen atoms in total. The number of benzene rings is 2. The molecule has 0 aliphatic heterocycles. The van der Waals surface area contributed by atoms with Crippen molar-refractivity contribution in [3.63, 3.8) is 0 Å². The smallest absolute Gasteiger partial charge is 0.250 e. The van der Waals surface area contributed by atoms with Crippen LogP contribution >= 0.6 is 23.8 Å². The summed E-state index contributed by atoms with van der Waals surface area (Å²) in [6.07, 6.45) is 4.28. The summed E-state index contributed by atoms with van der Waals surface area (Å²) in [5.74, 6) is -0.437. The third-order valence-electron chi connectivity index (χ3n) is 3.44. The van der Waals surface area contributed by atoms with Crippen LogP contribution in [0.3, 0.4) is 0 Å². The van der Waals surface area contributed by atoms with Crippen molar-refractivity contribution < 1.29 is 9.59 Å².